The van der Waals surface area contributed by atoms with E-state index in [1.165, 1.54) is 14.2 Å². The zero-order valence-corrected chi connectivity index (χ0v) is 35.0. The average molecular weight is 832 g/mol. The highest BCUT2D eigenvalue weighted by Gasteiger charge is 2.41. The molecule has 16 nitrogen and oxygen atoms in total. The van der Waals surface area contributed by atoms with E-state index in [0.717, 1.165) is 76.1 Å². The van der Waals surface area contributed by atoms with Gasteiger partial charge in [0.2, 0.25) is 11.8 Å². The van der Waals surface area contributed by atoms with Crippen LogP contribution in [0.5, 0.6) is 0 Å². The normalized spacial score (nSPS) is 19.2. The predicted molar refractivity (Wildman–Crippen MR) is 227 cm³/mol. The van der Waals surface area contributed by atoms with Gasteiger partial charge in [0, 0.05) is 49.8 Å². The maximum absolute atomic E-state index is 14.0. The Labute approximate surface area is 354 Å². The lowest BCUT2D eigenvalue weighted by Gasteiger charge is -2.34. The Morgan fingerprint density at radius 2 is 1.38 bits per heavy atom. The highest BCUT2D eigenvalue weighted by molar-refractivity contribution is 5.91. The Morgan fingerprint density at radius 3 is 2.05 bits per heavy atom. The molecule has 3 aliphatic heterocycles. The molecule has 0 saturated carbocycles. The van der Waals surface area contributed by atoms with Crippen LogP contribution in [0.4, 0.5) is 9.59 Å². The molecule has 4 amide bonds. The van der Waals surface area contributed by atoms with Crippen molar-refractivity contribution in [3.8, 4) is 33.8 Å². The lowest BCUT2D eigenvalue weighted by Crippen LogP contribution is -2.53. The second-order valence-electron chi connectivity index (χ2n) is 16.4. The molecule has 2 aromatic carbocycles. The van der Waals surface area contributed by atoms with Crippen LogP contribution >= 0.6 is 0 Å². The molecule has 3 aliphatic rings. The molecule has 3 fully saturated rings. The minimum atomic E-state index is -0.696. The van der Waals surface area contributed by atoms with Gasteiger partial charge in [-0.05, 0) is 84.9 Å². The molecule has 5 aromatic rings. The van der Waals surface area contributed by atoms with Crippen LogP contribution in [0.2, 0.25) is 0 Å². The number of imidazole rings is 2. The van der Waals surface area contributed by atoms with Crippen molar-refractivity contribution in [2.45, 2.75) is 76.5 Å². The number of fused-ring (bicyclic) bond motifs is 1. The van der Waals surface area contributed by atoms with Crippen molar-refractivity contribution < 1.29 is 33.4 Å². The van der Waals surface area contributed by atoms with Gasteiger partial charge in [-0.1, -0.05) is 44.2 Å². The predicted octanol–water partition coefficient (Wildman–Crippen LogP) is 6.54. The molecule has 6 heterocycles. The number of aromatic amines is 2. The lowest BCUT2D eigenvalue weighted by atomic mass is 9.90. The summed E-state index contributed by atoms with van der Waals surface area (Å²) in [4.78, 5) is 76.6. The van der Waals surface area contributed by atoms with Crippen LogP contribution < -0.4 is 10.6 Å². The standard InChI is InChI=1S/C45H53N9O7/c1-26(2)38(51-44(57)59-3)42(55)53-17-5-7-36(53)40-47-24-34(49-40)31-12-11-28-21-30(10-9-29(28)22-31)32-13-14-33(46-23-32)35-25-48-41(50-35)37-8-6-18-54(37)43(56)39(52-45(58)60-4)27-15-19-61-20-16-27/h9-14,21-27,36-39H,5-8,15-20H2,1-4H3,(H,47,49)(H,48,50)(H,51,57)(H,52,58)/t36?,37-,38-,39-/m0/s1. The monoisotopic (exact) mass is 831 g/mol. The number of nitrogens with zero attached hydrogens (tertiary/aromatic N) is 5. The first kappa shape index (κ1) is 41.4. The number of carbonyl (C=O) groups is 4. The third-order valence-corrected chi connectivity index (χ3v) is 12.3. The van der Waals surface area contributed by atoms with Gasteiger partial charge in [-0.2, -0.15) is 0 Å². The van der Waals surface area contributed by atoms with Gasteiger partial charge in [-0.25, -0.2) is 19.6 Å². The molecular weight excluding hydrogens is 779 g/mol. The first-order valence-electron chi connectivity index (χ1n) is 21.1. The first-order valence-corrected chi connectivity index (χ1v) is 21.1. The molecule has 61 heavy (non-hydrogen) atoms. The molecule has 0 radical (unpaired) electrons. The van der Waals surface area contributed by atoms with E-state index in [4.69, 9.17) is 29.2 Å². The second kappa shape index (κ2) is 18.1. The summed E-state index contributed by atoms with van der Waals surface area (Å²) in [5.74, 6) is 0.994. The Bertz CT molecular complexity index is 2370. The zero-order chi connectivity index (χ0) is 42.6. The number of nitrogens with one attached hydrogen (secondary N) is 4. The molecule has 0 spiro atoms. The molecular formula is C45H53N9O7. The Morgan fingerprint density at radius 1 is 0.738 bits per heavy atom. The third kappa shape index (κ3) is 8.81. The number of benzene rings is 2. The summed E-state index contributed by atoms with van der Waals surface area (Å²) in [6.45, 7) is 6.08. The minimum absolute atomic E-state index is 0.0366. The molecule has 16 heteroatoms. The number of likely N-dealkylation sites (tertiary alicyclic amines) is 2. The maximum atomic E-state index is 14.0. The van der Waals surface area contributed by atoms with Gasteiger partial charge in [0.15, 0.2) is 0 Å². The quantitative estimate of drug-likeness (QED) is 0.113. The molecule has 3 saturated heterocycles. The minimum Gasteiger partial charge on any atom is -0.453 e. The van der Waals surface area contributed by atoms with E-state index < -0.39 is 24.3 Å². The van der Waals surface area contributed by atoms with Crippen molar-refractivity contribution in [1.29, 1.82) is 0 Å². The van der Waals surface area contributed by atoms with Crippen LogP contribution in [0.25, 0.3) is 44.5 Å². The van der Waals surface area contributed by atoms with Crippen LogP contribution in [0.3, 0.4) is 0 Å². The number of rotatable bonds is 11. The van der Waals surface area contributed by atoms with Crippen LogP contribution in [0, 0.1) is 11.8 Å². The van der Waals surface area contributed by atoms with Crippen molar-refractivity contribution >= 4 is 34.8 Å². The molecule has 4 N–H and O–H groups in total. The molecule has 320 valence electrons. The lowest BCUT2D eigenvalue weighted by molar-refractivity contribution is -0.137. The van der Waals surface area contributed by atoms with Gasteiger partial charge in [0.05, 0.1) is 49.6 Å². The van der Waals surface area contributed by atoms with Gasteiger partial charge < -0.3 is 44.6 Å². The van der Waals surface area contributed by atoms with Crippen LogP contribution in [-0.4, -0.2) is 111 Å². The fraction of sp³-hybridized carbons (Fsp3) is 0.444. The zero-order valence-electron chi connectivity index (χ0n) is 35.0. The summed E-state index contributed by atoms with van der Waals surface area (Å²) in [5.41, 5.74) is 5.23. The average Bonchev–Trinajstić information content (AvgIpc) is 4.14. The Balaban J connectivity index is 0.935. The number of hydrogen-bond donors (Lipinski definition) is 4. The fourth-order valence-corrected chi connectivity index (χ4v) is 8.90. The van der Waals surface area contributed by atoms with E-state index in [9.17, 15) is 19.2 Å². The SMILES string of the molecule is COC(=O)N[C@H](C(=O)N1CCCC1c1nc(-c2ccc3cc(-c4ccc(-c5cnc([C@@H]6CCCN6C(=O)[C@@H](NC(=O)OC)C6CCOCC6)[nH]5)nc4)ccc3c2)c[nH]1)C(C)C. The fourth-order valence-electron chi connectivity index (χ4n) is 8.90. The van der Waals surface area contributed by atoms with Crippen LogP contribution in [-0.2, 0) is 23.8 Å². The van der Waals surface area contributed by atoms with Gasteiger partial charge in [-0.3, -0.25) is 14.6 Å². The smallest absolute Gasteiger partial charge is 0.407 e. The summed E-state index contributed by atoms with van der Waals surface area (Å²) < 4.78 is 15.1. The Hall–Kier alpha value is -6.29. The van der Waals surface area contributed by atoms with E-state index in [1.807, 2.05) is 48.2 Å². The summed E-state index contributed by atoms with van der Waals surface area (Å²) in [6.07, 6.45) is 8.83. The van der Waals surface area contributed by atoms with Crippen molar-refractivity contribution in [2.75, 3.05) is 40.5 Å². The first-order chi connectivity index (χ1) is 29.6. The number of hydrogen-bond acceptors (Lipinski definition) is 10. The second-order valence-corrected chi connectivity index (χ2v) is 16.4. The van der Waals surface area contributed by atoms with Crippen molar-refractivity contribution in [1.82, 2.24) is 45.4 Å². The number of pyridine rings is 1. The molecule has 4 atom stereocenters. The molecule has 0 bridgehead atoms. The number of alkyl carbamates (subject to hydrolysis) is 2. The third-order valence-electron chi connectivity index (χ3n) is 12.3. The molecule has 8 rings (SSSR count). The van der Waals surface area contributed by atoms with Crippen molar-refractivity contribution in [3.05, 3.63) is 78.8 Å². The van der Waals surface area contributed by atoms with E-state index in [0.29, 0.717) is 45.0 Å². The van der Waals surface area contributed by atoms with Gasteiger partial charge in [-0.15, -0.1) is 0 Å². The van der Waals surface area contributed by atoms with E-state index in [2.05, 4.69) is 57.0 Å². The number of amides is 4. The van der Waals surface area contributed by atoms with Crippen molar-refractivity contribution in [2.24, 2.45) is 11.8 Å². The number of methoxy groups -OCH3 is 2. The highest BCUT2D eigenvalue weighted by atomic mass is 16.5. The maximum Gasteiger partial charge on any atom is 0.407 e. The van der Waals surface area contributed by atoms with Crippen molar-refractivity contribution in [3.63, 3.8) is 0 Å². The Kier molecular flexibility index (Phi) is 12.3. The van der Waals surface area contributed by atoms with Gasteiger partial charge in [0.1, 0.15) is 23.7 Å². The summed E-state index contributed by atoms with van der Waals surface area (Å²) >= 11 is 0. The van der Waals surface area contributed by atoms with E-state index in [1.54, 1.807) is 6.20 Å². The summed E-state index contributed by atoms with van der Waals surface area (Å²) in [5, 5.41) is 7.64. The number of carbonyl (C=O) groups excluding carboxylic acids is 4. The topological polar surface area (TPSA) is 197 Å². The van der Waals surface area contributed by atoms with E-state index in [-0.39, 0.29) is 35.7 Å². The highest BCUT2D eigenvalue weighted by Crippen LogP contribution is 2.36. The summed E-state index contributed by atoms with van der Waals surface area (Å²) in [7, 11) is 2.59. The number of H-pyrrole nitrogens is 2. The van der Waals surface area contributed by atoms with Gasteiger partial charge >= 0.3 is 12.2 Å². The summed E-state index contributed by atoms with van der Waals surface area (Å²) in [6, 6.07) is 14.7. The molecule has 3 aromatic heterocycles. The van der Waals surface area contributed by atoms with Crippen LogP contribution in [0.15, 0.2) is 67.1 Å². The largest absolute Gasteiger partial charge is 0.453 e. The van der Waals surface area contributed by atoms with Gasteiger partial charge in [0.25, 0.3) is 0 Å². The number of ether oxygens (including phenoxy) is 3. The molecule has 0 aliphatic carbocycles. The van der Waals surface area contributed by atoms with E-state index >= 15 is 0 Å². The van der Waals surface area contributed by atoms with Crippen LogP contribution in [0.1, 0.15) is 76.1 Å². The molecule has 1 unspecified atom stereocenters. The number of aromatic nitrogens is 5.